The molecule has 0 radical (unpaired) electrons. The molecule has 0 aliphatic rings. The third-order valence-electron chi connectivity index (χ3n) is 7.45. The van der Waals surface area contributed by atoms with Crippen molar-refractivity contribution >= 4 is 7.87 Å². The van der Waals surface area contributed by atoms with E-state index in [1.807, 2.05) is 0 Å². The van der Waals surface area contributed by atoms with Crippen molar-refractivity contribution in [1.29, 1.82) is 0 Å². The Hall–Kier alpha value is 0.270. The molecule has 0 heterocycles. The molecule has 37 heavy (non-hydrogen) atoms. The van der Waals surface area contributed by atoms with Crippen molar-refractivity contribution in [3.63, 3.8) is 0 Å². The maximum absolute atomic E-state index is 3.12. The Balaban J connectivity index is 6.74. The summed E-state index contributed by atoms with van der Waals surface area (Å²) in [6.07, 6.45) is 21.3. The van der Waals surface area contributed by atoms with Crippen molar-refractivity contribution in [2.24, 2.45) is 0 Å². The number of hydrogen-bond acceptors (Lipinski definition) is 4. The second-order valence-electron chi connectivity index (χ2n) is 11.2. The highest BCUT2D eigenvalue weighted by Crippen LogP contribution is 2.70. The van der Waals surface area contributed by atoms with Crippen LogP contribution in [0.5, 0.6) is 0 Å². The molecule has 0 N–H and O–H groups in total. The van der Waals surface area contributed by atoms with E-state index in [0.717, 1.165) is 0 Å². The minimum Gasteiger partial charge on any atom is -0.133 e. The van der Waals surface area contributed by atoms with Gasteiger partial charge in [0.1, 0.15) is 0 Å². The second kappa shape index (κ2) is 25.3. The molecule has 0 aromatic heterocycles. The van der Waals surface area contributed by atoms with Crippen molar-refractivity contribution in [1.82, 2.24) is 18.7 Å². The van der Waals surface area contributed by atoms with E-state index in [2.05, 4.69) is 74.1 Å². The summed E-state index contributed by atoms with van der Waals surface area (Å²) in [5.74, 6) is 0. The van der Waals surface area contributed by atoms with E-state index >= 15 is 0 Å². The van der Waals surface area contributed by atoms with Gasteiger partial charge < -0.3 is 0 Å². The maximum atomic E-state index is 3.12. The molecule has 0 aliphatic heterocycles. The van der Waals surface area contributed by atoms with Crippen LogP contribution in [-0.4, -0.2) is 71.0 Å². The Morgan fingerprint density at radius 3 is 0.757 bits per heavy atom. The first-order valence-corrected chi connectivity index (χ1v) is 18.6. The van der Waals surface area contributed by atoms with Crippen LogP contribution in [0, 0.1) is 0 Å². The Morgan fingerprint density at radius 2 is 0.514 bits per heavy atom. The fourth-order valence-electron chi connectivity index (χ4n) is 5.94. The maximum Gasteiger partial charge on any atom is 0.308 e. The molecule has 0 aromatic rings. The van der Waals surface area contributed by atoms with Crippen LogP contribution in [0.4, 0.5) is 0 Å². The summed E-state index contributed by atoms with van der Waals surface area (Å²) in [7, 11) is -1.81. The SMILES string of the molecule is CCCCCCCN(CCCCCCC)[P+](N(CCC)CCC)(N(CCC)CCC)N(CCC)CCC. The molecule has 0 saturated carbocycles. The van der Waals surface area contributed by atoms with E-state index in [4.69, 9.17) is 0 Å². The molecular formula is C32H72N4P+. The van der Waals surface area contributed by atoms with E-state index in [0.29, 0.717) is 0 Å². The predicted octanol–water partition coefficient (Wildman–Crippen LogP) is 10.3. The molecule has 0 fully saturated rings. The van der Waals surface area contributed by atoms with Gasteiger partial charge in [0.15, 0.2) is 0 Å². The molecule has 0 amide bonds. The monoisotopic (exact) mass is 544 g/mol. The summed E-state index contributed by atoms with van der Waals surface area (Å²) in [5.41, 5.74) is 0. The summed E-state index contributed by atoms with van der Waals surface area (Å²) in [5, 5.41) is 0. The number of nitrogens with zero attached hydrogens (tertiary/aromatic N) is 4. The Kier molecular flexibility index (Phi) is 25.4. The van der Waals surface area contributed by atoms with Crippen molar-refractivity contribution in [2.45, 2.75) is 158 Å². The first-order valence-electron chi connectivity index (χ1n) is 17.0. The number of hydrogen-bond donors (Lipinski definition) is 0. The first kappa shape index (κ1) is 37.3. The summed E-state index contributed by atoms with van der Waals surface area (Å²) < 4.78 is 12.2. The summed E-state index contributed by atoms with van der Waals surface area (Å²) in [4.78, 5) is 0. The smallest absolute Gasteiger partial charge is 0.133 e. The lowest BCUT2D eigenvalue weighted by atomic mass is 10.1. The lowest BCUT2D eigenvalue weighted by molar-refractivity contribution is 0.227. The van der Waals surface area contributed by atoms with Gasteiger partial charge in [-0.15, -0.1) is 18.7 Å². The van der Waals surface area contributed by atoms with E-state index < -0.39 is 7.87 Å². The van der Waals surface area contributed by atoms with Crippen LogP contribution in [0.3, 0.4) is 0 Å². The third kappa shape index (κ3) is 13.5. The molecule has 0 atom stereocenters. The summed E-state index contributed by atoms with van der Waals surface area (Å²) in [6.45, 7) is 29.1. The standard InChI is InChI=1S/C32H72N4P/c1-9-17-19-21-23-31-36(32-24-22-20-18-10-2)37(33(25-11-3)26-12-4,34(27-13-5)28-14-6)35(29-15-7)30-16-8/h9-32H2,1-8H3/q+1. The number of unbranched alkanes of at least 4 members (excludes halogenated alkanes) is 8. The molecule has 0 aromatic carbocycles. The van der Waals surface area contributed by atoms with Gasteiger partial charge in [0.05, 0.1) is 0 Å². The highest BCUT2D eigenvalue weighted by molar-refractivity contribution is 7.66. The van der Waals surface area contributed by atoms with Gasteiger partial charge in [-0.2, -0.15) is 0 Å². The van der Waals surface area contributed by atoms with Crippen LogP contribution < -0.4 is 0 Å². The molecule has 224 valence electrons. The second-order valence-corrected chi connectivity index (χ2v) is 14.5. The number of rotatable bonds is 28. The average Bonchev–Trinajstić information content (AvgIpc) is 2.89. The minimum absolute atomic E-state index is 1.23. The molecule has 5 heteroatoms. The van der Waals surface area contributed by atoms with E-state index in [9.17, 15) is 0 Å². The van der Waals surface area contributed by atoms with Gasteiger partial charge in [-0.05, 0) is 51.4 Å². The van der Waals surface area contributed by atoms with Gasteiger partial charge in [0, 0.05) is 52.4 Å². The topological polar surface area (TPSA) is 13.0 Å². The van der Waals surface area contributed by atoms with Crippen LogP contribution in [0.1, 0.15) is 158 Å². The molecular weight excluding hydrogens is 471 g/mol. The zero-order chi connectivity index (χ0) is 27.8. The Morgan fingerprint density at radius 1 is 0.270 bits per heavy atom. The van der Waals surface area contributed by atoms with Gasteiger partial charge in [-0.1, -0.05) is 107 Å². The van der Waals surface area contributed by atoms with Gasteiger partial charge >= 0.3 is 7.87 Å². The highest BCUT2D eigenvalue weighted by atomic mass is 31.2. The molecule has 0 spiro atoms. The first-order chi connectivity index (χ1) is 18.1. The van der Waals surface area contributed by atoms with Crippen molar-refractivity contribution < 1.29 is 0 Å². The Labute approximate surface area is 236 Å². The molecule has 0 rings (SSSR count). The van der Waals surface area contributed by atoms with E-state index in [-0.39, 0.29) is 0 Å². The van der Waals surface area contributed by atoms with Crippen LogP contribution >= 0.6 is 7.87 Å². The van der Waals surface area contributed by atoms with Crippen molar-refractivity contribution in [3.05, 3.63) is 0 Å². The highest BCUT2D eigenvalue weighted by Gasteiger charge is 2.59. The fourth-order valence-corrected chi connectivity index (χ4v) is 11.7. The van der Waals surface area contributed by atoms with Crippen LogP contribution in [0.25, 0.3) is 0 Å². The normalized spacial score (nSPS) is 12.6. The average molecular weight is 544 g/mol. The zero-order valence-corrected chi connectivity index (χ0v) is 28.1. The molecule has 0 aliphatic carbocycles. The summed E-state index contributed by atoms with van der Waals surface area (Å²) in [6, 6.07) is 0. The van der Waals surface area contributed by atoms with Gasteiger partial charge in [-0.3, -0.25) is 0 Å². The van der Waals surface area contributed by atoms with Crippen molar-refractivity contribution in [3.8, 4) is 0 Å². The zero-order valence-electron chi connectivity index (χ0n) is 27.2. The predicted molar refractivity (Wildman–Crippen MR) is 172 cm³/mol. The van der Waals surface area contributed by atoms with E-state index in [1.165, 1.54) is 155 Å². The third-order valence-corrected chi connectivity index (χ3v) is 12.1. The van der Waals surface area contributed by atoms with E-state index in [1.54, 1.807) is 0 Å². The van der Waals surface area contributed by atoms with Crippen LogP contribution in [0.15, 0.2) is 0 Å². The lowest BCUT2D eigenvalue weighted by Crippen LogP contribution is -2.54. The molecule has 0 unspecified atom stereocenters. The Bertz CT molecular complexity index is 403. The van der Waals surface area contributed by atoms with Gasteiger partial charge in [0.25, 0.3) is 0 Å². The van der Waals surface area contributed by atoms with Gasteiger partial charge in [-0.25, -0.2) is 0 Å². The molecule has 0 bridgehead atoms. The van der Waals surface area contributed by atoms with Crippen LogP contribution in [-0.2, 0) is 0 Å². The van der Waals surface area contributed by atoms with Gasteiger partial charge in [0.2, 0.25) is 0 Å². The van der Waals surface area contributed by atoms with Crippen LogP contribution in [0.2, 0.25) is 0 Å². The quantitative estimate of drug-likeness (QED) is 0.0718. The summed E-state index contributed by atoms with van der Waals surface area (Å²) >= 11 is 0. The molecule has 4 nitrogen and oxygen atoms in total. The molecule has 0 saturated heterocycles. The lowest BCUT2D eigenvalue weighted by Gasteiger charge is -2.52. The largest absolute Gasteiger partial charge is 0.308 e. The fraction of sp³-hybridized carbons (Fsp3) is 1.00. The van der Waals surface area contributed by atoms with Crippen molar-refractivity contribution in [2.75, 3.05) is 52.4 Å². The minimum atomic E-state index is -1.81.